The summed E-state index contributed by atoms with van der Waals surface area (Å²) in [5.41, 5.74) is 1.56. The molecule has 5 heteroatoms. The maximum absolute atomic E-state index is 10.7. The molecule has 1 aromatic rings. The number of piperidine rings is 1. The Labute approximate surface area is 117 Å². The van der Waals surface area contributed by atoms with Gasteiger partial charge in [-0.05, 0) is 31.0 Å². The molecule has 0 aromatic heterocycles. The standard InChI is InChI=1S/C14H18ClNO3/c15-13-9-11(10-18)1-2-14(13)16-5-3-12(4-6-16)19-8-7-17/h1-2,9-10,12,17H,3-8H2. The normalized spacial score (nSPS) is 16.6. The zero-order valence-corrected chi connectivity index (χ0v) is 11.5. The van der Waals surface area contributed by atoms with E-state index in [1.54, 1.807) is 12.1 Å². The van der Waals surface area contributed by atoms with E-state index in [1.165, 1.54) is 0 Å². The molecular weight excluding hydrogens is 266 g/mol. The van der Waals surface area contributed by atoms with Gasteiger partial charge in [-0.3, -0.25) is 4.79 Å². The van der Waals surface area contributed by atoms with Gasteiger partial charge < -0.3 is 14.7 Å². The topological polar surface area (TPSA) is 49.8 Å². The number of hydrogen-bond acceptors (Lipinski definition) is 4. The lowest BCUT2D eigenvalue weighted by atomic mass is 10.1. The maximum atomic E-state index is 10.7. The first-order chi connectivity index (χ1) is 9.24. The highest BCUT2D eigenvalue weighted by Crippen LogP contribution is 2.29. The highest BCUT2D eigenvalue weighted by molar-refractivity contribution is 6.33. The van der Waals surface area contributed by atoms with E-state index < -0.39 is 0 Å². The second kappa shape index (κ2) is 6.89. The third kappa shape index (κ3) is 3.69. The van der Waals surface area contributed by atoms with Gasteiger partial charge in [-0.1, -0.05) is 11.6 Å². The molecule has 19 heavy (non-hydrogen) atoms. The Morgan fingerprint density at radius 2 is 2.16 bits per heavy atom. The van der Waals surface area contributed by atoms with E-state index in [9.17, 15) is 4.79 Å². The molecule has 1 aromatic carbocycles. The van der Waals surface area contributed by atoms with Gasteiger partial charge in [0.05, 0.1) is 30.0 Å². The summed E-state index contributed by atoms with van der Waals surface area (Å²) in [5, 5.41) is 9.34. The molecule has 0 radical (unpaired) electrons. The molecule has 1 heterocycles. The molecule has 0 aliphatic carbocycles. The van der Waals surface area contributed by atoms with Crippen LogP contribution in [-0.4, -0.2) is 43.8 Å². The molecule has 1 fully saturated rings. The van der Waals surface area contributed by atoms with Gasteiger partial charge in [-0.15, -0.1) is 0 Å². The summed E-state index contributed by atoms with van der Waals surface area (Å²) in [7, 11) is 0. The van der Waals surface area contributed by atoms with Crippen molar-refractivity contribution in [2.45, 2.75) is 18.9 Å². The summed E-state index contributed by atoms with van der Waals surface area (Å²) in [4.78, 5) is 12.9. The molecule has 0 unspecified atom stereocenters. The fraction of sp³-hybridized carbons (Fsp3) is 0.500. The van der Waals surface area contributed by atoms with Crippen LogP contribution in [0.15, 0.2) is 18.2 Å². The third-order valence-electron chi connectivity index (χ3n) is 3.34. The molecule has 1 aliphatic heterocycles. The number of carbonyl (C=O) groups is 1. The van der Waals surface area contributed by atoms with E-state index in [4.69, 9.17) is 21.4 Å². The molecule has 104 valence electrons. The predicted octanol–water partition coefficient (Wildman–Crippen LogP) is 2.13. The number of aldehydes is 1. The zero-order chi connectivity index (χ0) is 13.7. The van der Waals surface area contributed by atoms with E-state index >= 15 is 0 Å². The lowest BCUT2D eigenvalue weighted by molar-refractivity contribution is 0.0159. The molecule has 4 nitrogen and oxygen atoms in total. The highest BCUT2D eigenvalue weighted by Gasteiger charge is 2.21. The van der Waals surface area contributed by atoms with Crippen molar-refractivity contribution in [1.29, 1.82) is 0 Å². The lowest BCUT2D eigenvalue weighted by Gasteiger charge is -2.34. The molecule has 1 N–H and O–H groups in total. The number of ether oxygens (including phenoxy) is 1. The van der Waals surface area contributed by atoms with E-state index in [1.807, 2.05) is 6.07 Å². The van der Waals surface area contributed by atoms with Crippen molar-refractivity contribution in [3.05, 3.63) is 28.8 Å². The van der Waals surface area contributed by atoms with Crippen LogP contribution in [0.25, 0.3) is 0 Å². The number of aliphatic hydroxyl groups excluding tert-OH is 1. The Balaban J connectivity index is 1.95. The predicted molar refractivity (Wildman–Crippen MR) is 75.1 cm³/mol. The number of nitrogens with zero attached hydrogens (tertiary/aromatic N) is 1. The summed E-state index contributed by atoms with van der Waals surface area (Å²) in [6.07, 6.45) is 2.86. The van der Waals surface area contributed by atoms with Crippen molar-refractivity contribution in [2.75, 3.05) is 31.2 Å². The van der Waals surface area contributed by atoms with Crippen LogP contribution in [0.2, 0.25) is 5.02 Å². The van der Waals surface area contributed by atoms with Gasteiger partial charge in [0.2, 0.25) is 0 Å². The Kier molecular flexibility index (Phi) is 5.19. The third-order valence-corrected chi connectivity index (χ3v) is 3.64. The second-order valence-corrected chi connectivity index (χ2v) is 5.02. The zero-order valence-electron chi connectivity index (χ0n) is 10.7. The number of hydrogen-bond donors (Lipinski definition) is 1. The van der Waals surface area contributed by atoms with Crippen LogP contribution in [0.4, 0.5) is 5.69 Å². The first-order valence-corrected chi connectivity index (χ1v) is 6.84. The van der Waals surface area contributed by atoms with E-state index in [0.29, 0.717) is 17.2 Å². The van der Waals surface area contributed by atoms with Gasteiger partial charge in [0.15, 0.2) is 0 Å². The van der Waals surface area contributed by atoms with Gasteiger partial charge in [0.25, 0.3) is 0 Å². The highest BCUT2D eigenvalue weighted by atomic mass is 35.5. The molecule has 0 bridgehead atoms. The molecule has 1 aliphatic rings. The fourth-order valence-electron chi connectivity index (χ4n) is 2.34. The van der Waals surface area contributed by atoms with Crippen molar-refractivity contribution in [2.24, 2.45) is 0 Å². The van der Waals surface area contributed by atoms with Crippen LogP contribution in [-0.2, 0) is 4.74 Å². The van der Waals surface area contributed by atoms with Gasteiger partial charge in [-0.25, -0.2) is 0 Å². The van der Waals surface area contributed by atoms with Gasteiger partial charge in [-0.2, -0.15) is 0 Å². The van der Waals surface area contributed by atoms with E-state index in [2.05, 4.69) is 4.90 Å². The minimum absolute atomic E-state index is 0.0687. The molecular formula is C14H18ClNO3. The Hall–Kier alpha value is -1.10. The summed E-state index contributed by atoms with van der Waals surface area (Å²) in [6.45, 7) is 2.21. The number of halogens is 1. The first kappa shape index (κ1) is 14.3. The first-order valence-electron chi connectivity index (χ1n) is 6.46. The average Bonchev–Trinajstić information content (AvgIpc) is 2.45. The number of aliphatic hydroxyl groups is 1. The van der Waals surface area contributed by atoms with Crippen molar-refractivity contribution in [3.8, 4) is 0 Å². The molecule has 2 rings (SSSR count). The summed E-state index contributed by atoms with van der Waals surface area (Å²) in [5.74, 6) is 0. The van der Waals surface area contributed by atoms with Crippen LogP contribution in [0.1, 0.15) is 23.2 Å². The SMILES string of the molecule is O=Cc1ccc(N2CCC(OCCO)CC2)c(Cl)c1. The minimum Gasteiger partial charge on any atom is -0.394 e. The van der Waals surface area contributed by atoms with Crippen LogP contribution < -0.4 is 4.90 Å². The largest absolute Gasteiger partial charge is 0.394 e. The fourth-order valence-corrected chi connectivity index (χ4v) is 2.64. The number of rotatable bonds is 5. The van der Waals surface area contributed by atoms with E-state index in [-0.39, 0.29) is 12.7 Å². The summed E-state index contributed by atoms with van der Waals surface area (Å²) < 4.78 is 5.53. The summed E-state index contributed by atoms with van der Waals surface area (Å²) in [6, 6.07) is 5.36. The van der Waals surface area contributed by atoms with E-state index in [0.717, 1.165) is 37.9 Å². The minimum atomic E-state index is 0.0687. The number of carbonyl (C=O) groups excluding carboxylic acids is 1. The Morgan fingerprint density at radius 3 is 2.74 bits per heavy atom. The Bertz CT molecular complexity index is 431. The van der Waals surface area contributed by atoms with Crippen LogP contribution in [0, 0.1) is 0 Å². The second-order valence-electron chi connectivity index (χ2n) is 4.61. The van der Waals surface area contributed by atoms with Crippen molar-refractivity contribution in [1.82, 2.24) is 0 Å². The number of benzene rings is 1. The van der Waals surface area contributed by atoms with Crippen LogP contribution in [0.5, 0.6) is 0 Å². The van der Waals surface area contributed by atoms with Gasteiger partial charge in [0.1, 0.15) is 6.29 Å². The molecule has 0 atom stereocenters. The van der Waals surface area contributed by atoms with Crippen molar-refractivity contribution < 1.29 is 14.6 Å². The van der Waals surface area contributed by atoms with Crippen molar-refractivity contribution >= 4 is 23.6 Å². The lowest BCUT2D eigenvalue weighted by Crippen LogP contribution is -2.37. The quantitative estimate of drug-likeness (QED) is 0.841. The monoisotopic (exact) mass is 283 g/mol. The molecule has 0 spiro atoms. The maximum Gasteiger partial charge on any atom is 0.150 e. The van der Waals surface area contributed by atoms with Crippen LogP contribution >= 0.6 is 11.6 Å². The summed E-state index contributed by atoms with van der Waals surface area (Å²) >= 11 is 6.20. The molecule has 1 saturated heterocycles. The van der Waals surface area contributed by atoms with Gasteiger partial charge >= 0.3 is 0 Å². The van der Waals surface area contributed by atoms with Crippen molar-refractivity contribution in [3.63, 3.8) is 0 Å². The Morgan fingerprint density at radius 1 is 1.42 bits per heavy atom. The smallest absolute Gasteiger partial charge is 0.150 e. The number of anilines is 1. The molecule has 0 amide bonds. The van der Waals surface area contributed by atoms with Crippen LogP contribution in [0.3, 0.4) is 0 Å². The molecule has 0 saturated carbocycles. The van der Waals surface area contributed by atoms with Gasteiger partial charge in [0, 0.05) is 18.7 Å². The average molecular weight is 284 g/mol.